The molecule has 0 amide bonds. The van der Waals surface area contributed by atoms with Gasteiger partial charge in [-0.2, -0.15) is 0 Å². The number of benzene rings is 1. The van der Waals surface area contributed by atoms with Crippen molar-refractivity contribution in [2.24, 2.45) is 0 Å². The second kappa shape index (κ2) is 5.02. The summed E-state index contributed by atoms with van der Waals surface area (Å²) < 4.78 is 0. The molecule has 0 heterocycles. The van der Waals surface area contributed by atoms with E-state index in [0.29, 0.717) is 11.7 Å². The molecule has 2 unspecified atom stereocenters. The molecule has 0 spiro atoms. The second-order valence-corrected chi connectivity index (χ2v) is 7.00. The Balaban J connectivity index is 1.89. The highest BCUT2D eigenvalue weighted by Gasteiger charge is 2.36. The van der Waals surface area contributed by atoms with Gasteiger partial charge in [0.1, 0.15) is 0 Å². The molecule has 0 saturated heterocycles. The molecule has 3 aliphatic carbocycles. The van der Waals surface area contributed by atoms with Crippen LogP contribution in [0.3, 0.4) is 0 Å². The van der Waals surface area contributed by atoms with Crippen LogP contribution >= 0.6 is 0 Å². The van der Waals surface area contributed by atoms with Gasteiger partial charge in [-0.15, -0.1) is 0 Å². The molecule has 20 heavy (non-hydrogen) atoms. The third-order valence-electron chi connectivity index (χ3n) is 5.77. The molecular formula is C19H24O. The zero-order chi connectivity index (χ0) is 13.5. The molecule has 0 aliphatic heterocycles. The number of carbonyl (C=O) groups excluding carboxylic acids is 1. The zero-order valence-corrected chi connectivity index (χ0v) is 12.3. The number of ketones is 1. The predicted octanol–water partition coefficient (Wildman–Crippen LogP) is 5.13. The maximum absolute atomic E-state index is 12.5. The third-order valence-corrected chi connectivity index (χ3v) is 5.77. The van der Waals surface area contributed by atoms with Crippen molar-refractivity contribution in [2.45, 2.75) is 76.0 Å². The minimum atomic E-state index is 0.416. The summed E-state index contributed by atoms with van der Waals surface area (Å²) in [5.41, 5.74) is 5.79. The summed E-state index contributed by atoms with van der Waals surface area (Å²) in [4.78, 5) is 12.5. The van der Waals surface area contributed by atoms with Crippen molar-refractivity contribution in [1.82, 2.24) is 0 Å². The summed E-state index contributed by atoms with van der Waals surface area (Å²) in [6.45, 7) is 0. The first-order valence-corrected chi connectivity index (χ1v) is 8.53. The van der Waals surface area contributed by atoms with Gasteiger partial charge in [-0.3, -0.25) is 4.79 Å². The van der Waals surface area contributed by atoms with E-state index in [-0.39, 0.29) is 0 Å². The molecule has 106 valence electrons. The molecule has 3 aliphatic rings. The van der Waals surface area contributed by atoms with Crippen LogP contribution in [0.25, 0.3) is 0 Å². The first-order valence-electron chi connectivity index (χ1n) is 8.53. The molecule has 2 atom stereocenters. The molecule has 1 heteroatoms. The largest absolute Gasteiger partial charge is 0.294 e. The van der Waals surface area contributed by atoms with Crippen molar-refractivity contribution < 1.29 is 4.79 Å². The van der Waals surface area contributed by atoms with Gasteiger partial charge >= 0.3 is 0 Å². The van der Waals surface area contributed by atoms with E-state index in [4.69, 9.17) is 0 Å². The van der Waals surface area contributed by atoms with E-state index in [2.05, 4.69) is 12.1 Å². The number of hydrogen-bond donors (Lipinski definition) is 0. The number of hydrogen-bond acceptors (Lipinski definition) is 1. The monoisotopic (exact) mass is 268 g/mol. The van der Waals surface area contributed by atoms with E-state index in [1.165, 1.54) is 56.9 Å². The van der Waals surface area contributed by atoms with E-state index < -0.39 is 0 Å². The minimum Gasteiger partial charge on any atom is -0.294 e. The van der Waals surface area contributed by atoms with Crippen molar-refractivity contribution in [3.63, 3.8) is 0 Å². The van der Waals surface area contributed by atoms with E-state index in [9.17, 15) is 4.79 Å². The summed E-state index contributed by atoms with van der Waals surface area (Å²) in [6, 6.07) is 4.45. The Hall–Kier alpha value is -1.11. The van der Waals surface area contributed by atoms with Gasteiger partial charge in [-0.1, -0.05) is 31.4 Å². The molecule has 1 aromatic carbocycles. The summed E-state index contributed by atoms with van der Waals surface area (Å²) in [5.74, 6) is 1.87. The Morgan fingerprint density at radius 1 is 0.800 bits per heavy atom. The molecule has 0 saturated carbocycles. The number of aryl methyl sites for hydroxylation is 1. The quantitative estimate of drug-likeness (QED) is 0.637. The average Bonchev–Trinajstić information content (AvgIpc) is 2.72. The van der Waals surface area contributed by atoms with E-state index in [1.54, 1.807) is 11.1 Å². The van der Waals surface area contributed by atoms with Gasteiger partial charge < -0.3 is 0 Å². The Morgan fingerprint density at radius 2 is 1.55 bits per heavy atom. The maximum Gasteiger partial charge on any atom is 0.163 e. The summed E-state index contributed by atoms with van der Waals surface area (Å²) in [5, 5.41) is 0. The molecule has 0 radical (unpaired) electrons. The lowest BCUT2D eigenvalue weighted by Gasteiger charge is -2.16. The van der Waals surface area contributed by atoms with Gasteiger partial charge in [0.05, 0.1) is 0 Å². The Bertz CT molecular complexity index is 543. The van der Waals surface area contributed by atoms with Crippen molar-refractivity contribution >= 4 is 5.78 Å². The summed E-state index contributed by atoms with van der Waals surface area (Å²) >= 11 is 0. The van der Waals surface area contributed by atoms with Gasteiger partial charge in [0.15, 0.2) is 5.78 Å². The van der Waals surface area contributed by atoms with Gasteiger partial charge in [0, 0.05) is 12.0 Å². The molecule has 1 nitrogen and oxygen atoms in total. The van der Waals surface area contributed by atoms with Crippen molar-refractivity contribution in [3.8, 4) is 0 Å². The number of Topliss-reactive ketones (excluding diaryl/α,β-unsaturated/α-hetero) is 1. The highest BCUT2D eigenvalue weighted by Crippen LogP contribution is 2.51. The van der Waals surface area contributed by atoms with E-state index in [1.807, 2.05) is 0 Å². The number of rotatable bonds is 0. The van der Waals surface area contributed by atoms with Crippen LogP contribution in [0.5, 0.6) is 0 Å². The molecule has 0 N–H and O–H groups in total. The van der Waals surface area contributed by atoms with Crippen LogP contribution in [-0.2, 0) is 6.42 Å². The van der Waals surface area contributed by atoms with Crippen LogP contribution in [0.4, 0.5) is 0 Å². The van der Waals surface area contributed by atoms with Crippen molar-refractivity contribution in [1.29, 1.82) is 0 Å². The van der Waals surface area contributed by atoms with Crippen molar-refractivity contribution in [2.75, 3.05) is 0 Å². The Morgan fingerprint density at radius 3 is 2.45 bits per heavy atom. The predicted molar refractivity (Wildman–Crippen MR) is 81.5 cm³/mol. The van der Waals surface area contributed by atoms with E-state index in [0.717, 1.165) is 24.3 Å². The highest BCUT2D eigenvalue weighted by atomic mass is 16.1. The highest BCUT2D eigenvalue weighted by molar-refractivity contribution is 5.98. The van der Waals surface area contributed by atoms with Crippen LogP contribution in [-0.4, -0.2) is 5.78 Å². The third kappa shape index (κ3) is 1.94. The maximum atomic E-state index is 12.5. The fourth-order valence-corrected chi connectivity index (χ4v) is 4.86. The molecule has 1 aromatic rings. The molecular weight excluding hydrogens is 244 g/mol. The standard InChI is InChI=1S/C19H24O/c20-17-9-3-1-2-7-15-12-14-8-5-4-6-13-10-11-16(17)19(15)18(13)14/h10-11,14-15H,1-9,12H2. The van der Waals surface area contributed by atoms with Crippen LogP contribution in [0.2, 0.25) is 0 Å². The topological polar surface area (TPSA) is 17.1 Å². The van der Waals surface area contributed by atoms with Crippen LogP contribution in [0.1, 0.15) is 96.7 Å². The first kappa shape index (κ1) is 12.6. The van der Waals surface area contributed by atoms with Crippen LogP contribution < -0.4 is 0 Å². The van der Waals surface area contributed by atoms with E-state index >= 15 is 0 Å². The SMILES string of the molecule is O=C1CCCCCC2CC3CCCCc4ccc1c2c43. The molecule has 4 rings (SSSR count). The first-order chi connectivity index (χ1) is 9.84. The zero-order valence-electron chi connectivity index (χ0n) is 12.3. The Kier molecular flexibility index (Phi) is 3.17. The molecule has 0 fully saturated rings. The smallest absolute Gasteiger partial charge is 0.163 e. The number of carbonyl (C=O) groups is 1. The van der Waals surface area contributed by atoms with Gasteiger partial charge in [-0.25, -0.2) is 0 Å². The second-order valence-electron chi connectivity index (χ2n) is 7.00. The van der Waals surface area contributed by atoms with Crippen LogP contribution in [0.15, 0.2) is 12.1 Å². The molecule has 0 aromatic heterocycles. The summed E-state index contributed by atoms with van der Waals surface area (Å²) in [6.07, 6.45) is 12.3. The minimum absolute atomic E-state index is 0.416. The van der Waals surface area contributed by atoms with Crippen molar-refractivity contribution in [3.05, 3.63) is 34.4 Å². The normalized spacial score (nSPS) is 29.1. The average molecular weight is 268 g/mol. The fourth-order valence-electron chi connectivity index (χ4n) is 4.86. The fraction of sp³-hybridized carbons (Fsp3) is 0.632. The van der Waals surface area contributed by atoms with Gasteiger partial charge in [0.25, 0.3) is 0 Å². The van der Waals surface area contributed by atoms with Crippen LogP contribution in [0, 0.1) is 0 Å². The van der Waals surface area contributed by atoms with Gasteiger partial charge in [0.2, 0.25) is 0 Å². The Labute approximate surface area is 121 Å². The lowest BCUT2D eigenvalue weighted by Crippen LogP contribution is -2.07. The lowest BCUT2D eigenvalue weighted by molar-refractivity contribution is 0.0979. The molecule has 0 bridgehead atoms. The summed E-state index contributed by atoms with van der Waals surface area (Å²) in [7, 11) is 0. The van der Waals surface area contributed by atoms with Gasteiger partial charge in [-0.05, 0) is 67.1 Å². The lowest BCUT2D eigenvalue weighted by atomic mass is 9.88.